The van der Waals surface area contributed by atoms with Crippen molar-refractivity contribution in [3.8, 4) is 0 Å². The van der Waals surface area contributed by atoms with E-state index in [4.69, 9.17) is 5.21 Å². The summed E-state index contributed by atoms with van der Waals surface area (Å²) in [6, 6.07) is 5.77. The third kappa shape index (κ3) is 2.71. The van der Waals surface area contributed by atoms with Gasteiger partial charge in [0.2, 0.25) is 5.91 Å². The van der Waals surface area contributed by atoms with E-state index in [1.807, 2.05) is 18.2 Å². The van der Waals surface area contributed by atoms with Crippen molar-refractivity contribution >= 4 is 28.7 Å². The second-order valence-electron chi connectivity index (χ2n) is 6.93. The molecule has 0 bridgehead atoms. The number of aromatic nitrogens is 1. The fourth-order valence-corrected chi connectivity index (χ4v) is 2.66. The Morgan fingerprint density at radius 3 is 2.73 bits per heavy atom. The highest BCUT2D eigenvalue weighted by molar-refractivity contribution is 6.03. The highest BCUT2D eigenvalue weighted by Gasteiger charge is 2.29. The molecule has 1 aromatic heterocycles. The van der Waals surface area contributed by atoms with Gasteiger partial charge in [-0.25, -0.2) is 0 Å². The van der Waals surface area contributed by atoms with Gasteiger partial charge in [0.1, 0.15) is 0 Å². The Hall–Kier alpha value is -2.30. The third-order valence-electron chi connectivity index (χ3n) is 3.99. The van der Waals surface area contributed by atoms with Gasteiger partial charge < -0.3 is 15.5 Å². The number of carbonyl (C=O) groups excluding carboxylic acids is 1. The molecule has 1 aliphatic carbocycles. The largest absolute Gasteiger partial charge is 0.411 e. The molecule has 1 heterocycles. The van der Waals surface area contributed by atoms with Crippen LogP contribution in [0.25, 0.3) is 10.9 Å². The van der Waals surface area contributed by atoms with Gasteiger partial charge in [-0.3, -0.25) is 4.79 Å². The fourth-order valence-electron chi connectivity index (χ4n) is 2.66. The first-order valence-electron chi connectivity index (χ1n) is 7.54. The maximum Gasteiger partial charge on any atom is 0.227 e. The lowest BCUT2D eigenvalue weighted by molar-refractivity contribution is -0.117. The van der Waals surface area contributed by atoms with E-state index in [2.05, 4.69) is 36.2 Å². The molecule has 3 rings (SSSR count). The van der Waals surface area contributed by atoms with Gasteiger partial charge in [0, 0.05) is 39.2 Å². The smallest absolute Gasteiger partial charge is 0.227 e. The molecule has 0 spiro atoms. The Morgan fingerprint density at radius 1 is 1.41 bits per heavy atom. The maximum absolute atomic E-state index is 11.9. The van der Waals surface area contributed by atoms with Crippen LogP contribution in [0.2, 0.25) is 0 Å². The molecule has 1 fully saturated rings. The lowest BCUT2D eigenvalue weighted by Crippen LogP contribution is -2.14. The molecule has 0 radical (unpaired) electrons. The van der Waals surface area contributed by atoms with Crippen LogP contribution in [0.4, 0.5) is 5.69 Å². The Labute approximate surface area is 129 Å². The quantitative estimate of drug-likeness (QED) is 0.460. The molecular formula is C17H21N3O2. The van der Waals surface area contributed by atoms with E-state index in [0.717, 1.165) is 40.7 Å². The lowest BCUT2D eigenvalue weighted by Gasteiger charge is -2.17. The monoisotopic (exact) mass is 299 g/mol. The van der Waals surface area contributed by atoms with Gasteiger partial charge in [-0.2, -0.15) is 0 Å². The zero-order valence-electron chi connectivity index (χ0n) is 13.1. The second-order valence-corrected chi connectivity index (χ2v) is 6.93. The Kier molecular flexibility index (Phi) is 3.43. The maximum atomic E-state index is 11.9. The molecule has 1 saturated carbocycles. The van der Waals surface area contributed by atoms with Crippen molar-refractivity contribution in [3.63, 3.8) is 0 Å². The minimum absolute atomic E-state index is 0.0864. The van der Waals surface area contributed by atoms with Crippen LogP contribution in [0.15, 0.2) is 23.4 Å². The molecule has 0 saturated heterocycles. The second kappa shape index (κ2) is 5.16. The van der Waals surface area contributed by atoms with E-state index in [0.29, 0.717) is 0 Å². The molecule has 0 aliphatic heterocycles. The Bertz CT molecular complexity index is 749. The van der Waals surface area contributed by atoms with E-state index in [-0.39, 0.29) is 17.2 Å². The van der Waals surface area contributed by atoms with Crippen LogP contribution in [0.5, 0.6) is 0 Å². The standard InChI is InChI=1S/C17H21N3O2/c1-17(2,3)15-13(9-18-22)12-8-11(6-7-14(12)20-15)19-16(21)10-4-5-10/h6-10,20,22H,4-5H2,1-3H3,(H,19,21). The topological polar surface area (TPSA) is 77.5 Å². The number of benzene rings is 1. The summed E-state index contributed by atoms with van der Waals surface area (Å²) < 4.78 is 0. The van der Waals surface area contributed by atoms with Crippen LogP contribution >= 0.6 is 0 Å². The van der Waals surface area contributed by atoms with Gasteiger partial charge in [-0.15, -0.1) is 0 Å². The number of anilines is 1. The van der Waals surface area contributed by atoms with E-state index in [1.165, 1.54) is 6.21 Å². The zero-order valence-corrected chi connectivity index (χ0v) is 13.1. The van der Waals surface area contributed by atoms with Gasteiger partial charge in [-0.05, 0) is 31.0 Å². The number of nitrogens with zero attached hydrogens (tertiary/aromatic N) is 1. The molecule has 3 N–H and O–H groups in total. The van der Waals surface area contributed by atoms with Gasteiger partial charge in [-0.1, -0.05) is 25.9 Å². The van der Waals surface area contributed by atoms with E-state index in [9.17, 15) is 4.79 Å². The molecule has 1 aliphatic rings. The van der Waals surface area contributed by atoms with E-state index in [1.54, 1.807) is 0 Å². The Morgan fingerprint density at radius 2 is 2.14 bits per heavy atom. The lowest BCUT2D eigenvalue weighted by atomic mass is 9.89. The number of carbonyl (C=O) groups is 1. The number of nitrogens with one attached hydrogen (secondary N) is 2. The molecule has 116 valence electrons. The average molecular weight is 299 g/mol. The number of fused-ring (bicyclic) bond motifs is 1. The highest BCUT2D eigenvalue weighted by atomic mass is 16.4. The van der Waals surface area contributed by atoms with Crippen molar-refractivity contribution in [3.05, 3.63) is 29.5 Å². The summed E-state index contributed by atoms with van der Waals surface area (Å²) in [5, 5.41) is 16.1. The number of hydrogen-bond acceptors (Lipinski definition) is 3. The van der Waals surface area contributed by atoms with E-state index < -0.39 is 0 Å². The number of rotatable bonds is 3. The molecule has 5 nitrogen and oxygen atoms in total. The summed E-state index contributed by atoms with van der Waals surface area (Å²) in [4.78, 5) is 15.3. The molecule has 0 atom stereocenters. The summed E-state index contributed by atoms with van der Waals surface area (Å²) in [6.07, 6.45) is 3.41. The fraction of sp³-hybridized carbons (Fsp3) is 0.412. The molecule has 22 heavy (non-hydrogen) atoms. The zero-order chi connectivity index (χ0) is 15.9. The van der Waals surface area contributed by atoms with Crippen molar-refractivity contribution in [2.75, 3.05) is 5.32 Å². The van der Waals surface area contributed by atoms with Crippen molar-refractivity contribution in [2.45, 2.75) is 39.0 Å². The van der Waals surface area contributed by atoms with Gasteiger partial charge in [0.25, 0.3) is 0 Å². The van der Waals surface area contributed by atoms with Gasteiger partial charge in [0.05, 0.1) is 6.21 Å². The summed E-state index contributed by atoms with van der Waals surface area (Å²) in [5.74, 6) is 0.258. The summed E-state index contributed by atoms with van der Waals surface area (Å²) in [6.45, 7) is 6.30. The molecule has 1 amide bonds. The van der Waals surface area contributed by atoms with Crippen molar-refractivity contribution in [1.29, 1.82) is 0 Å². The average Bonchev–Trinajstić information content (AvgIpc) is 3.22. The minimum atomic E-state index is -0.104. The number of oxime groups is 1. The predicted molar refractivity (Wildman–Crippen MR) is 87.7 cm³/mol. The van der Waals surface area contributed by atoms with Crippen LogP contribution in [0.3, 0.4) is 0 Å². The van der Waals surface area contributed by atoms with E-state index >= 15 is 0 Å². The SMILES string of the molecule is CC(C)(C)c1[nH]c2ccc(NC(=O)C3CC3)cc2c1C=NO. The number of amides is 1. The molecule has 2 aromatic rings. The Balaban J connectivity index is 2.05. The normalized spacial score (nSPS) is 15.6. The van der Waals surface area contributed by atoms with Crippen LogP contribution in [-0.2, 0) is 10.2 Å². The predicted octanol–water partition coefficient (Wildman–Crippen LogP) is 3.62. The summed E-state index contributed by atoms with van der Waals surface area (Å²) >= 11 is 0. The highest BCUT2D eigenvalue weighted by Crippen LogP contribution is 2.33. The molecule has 1 aromatic carbocycles. The summed E-state index contributed by atoms with van der Waals surface area (Å²) in [5.41, 5.74) is 3.49. The van der Waals surface area contributed by atoms with Crippen LogP contribution < -0.4 is 5.32 Å². The first kappa shape index (κ1) is 14.6. The first-order chi connectivity index (χ1) is 10.4. The third-order valence-corrected chi connectivity index (χ3v) is 3.99. The molecular weight excluding hydrogens is 278 g/mol. The van der Waals surface area contributed by atoms with Crippen molar-refractivity contribution < 1.29 is 10.0 Å². The number of aromatic amines is 1. The first-order valence-corrected chi connectivity index (χ1v) is 7.54. The number of H-pyrrole nitrogens is 1. The number of hydrogen-bond donors (Lipinski definition) is 3. The van der Waals surface area contributed by atoms with Gasteiger partial charge >= 0.3 is 0 Å². The van der Waals surface area contributed by atoms with Crippen LogP contribution in [0, 0.1) is 5.92 Å². The van der Waals surface area contributed by atoms with Crippen molar-refractivity contribution in [1.82, 2.24) is 4.98 Å². The van der Waals surface area contributed by atoms with Crippen LogP contribution in [-0.4, -0.2) is 22.3 Å². The minimum Gasteiger partial charge on any atom is -0.411 e. The molecule has 5 heteroatoms. The van der Waals surface area contributed by atoms with Gasteiger partial charge in [0.15, 0.2) is 0 Å². The summed E-state index contributed by atoms with van der Waals surface area (Å²) in [7, 11) is 0. The molecule has 0 unspecified atom stereocenters. The van der Waals surface area contributed by atoms with Crippen LogP contribution in [0.1, 0.15) is 44.9 Å². The van der Waals surface area contributed by atoms with Crippen molar-refractivity contribution in [2.24, 2.45) is 11.1 Å².